The lowest BCUT2D eigenvalue weighted by molar-refractivity contribution is 0.264. The van der Waals surface area contributed by atoms with Gasteiger partial charge in [0.1, 0.15) is 11.6 Å². The molecule has 2 N–H and O–H groups in total. The van der Waals surface area contributed by atoms with E-state index in [1.807, 2.05) is 6.92 Å². The van der Waals surface area contributed by atoms with Crippen LogP contribution >= 0.6 is 0 Å². The Kier molecular flexibility index (Phi) is 5.46. The number of hydrogen-bond acceptors (Lipinski definition) is 5. The summed E-state index contributed by atoms with van der Waals surface area (Å²) in [5.41, 5.74) is 4.16. The summed E-state index contributed by atoms with van der Waals surface area (Å²) in [4.78, 5) is 11.8. The van der Waals surface area contributed by atoms with E-state index in [9.17, 15) is 0 Å². The van der Waals surface area contributed by atoms with Gasteiger partial charge in [0.2, 0.25) is 0 Å². The van der Waals surface area contributed by atoms with Crippen LogP contribution in [-0.2, 0) is 13.0 Å². The van der Waals surface area contributed by atoms with Gasteiger partial charge in [0.05, 0.1) is 5.69 Å². The predicted octanol–water partition coefficient (Wildman–Crippen LogP) is 2.72. The first kappa shape index (κ1) is 17.4. The van der Waals surface area contributed by atoms with E-state index >= 15 is 0 Å². The molecule has 0 saturated carbocycles. The second-order valence-electron chi connectivity index (χ2n) is 7.49. The van der Waals surface area contributed by atoms with Crippen LogP contribution in [0.1, 0.15) is 41.4 Å². The molecule has 5 heteroatoms. The molecule has 1 saturated heterocycles. The SMILES string of the molecule is Cc1nc(NCCN2CCc3ccccc3C2)cc([C@@H]2CCCNC2)n1. The van der Waals surface area contributed by atoms with E-state index in [2.05, 4.69) is 55.8 Å². The van der Waals surface area contributed by atoms with Gasteiger partial charge in [-0.3, -0.25) is 4.90 Å². The summed E-state index contributed by atoms with van der Waals surface area (Å²) in [5, 5.41) is 7.00. The van der Waals surface area contributed by atoms with Gasteiger partial charge in [0.25, 0.3) is 0 Å². The van der Waals surface area contributed by atoms with E-state index in [1.54, 1.807) is 0 Å². The summed E-state index contributed by atoms with van der Waals surface area (Å²) >= 11 is 0. The second-order valence-corrected chi connectivity index (χ2v) is 7.49. The Morgan fingerprint density at radius 1 is 1.23 bits per heavy atom. The van der Waals surface area contributed by atoms with Crippen LogP contribution in [0.4, 0.5) is 5.82 Å². The van der Waals surface area contributed by atoms with Crippen molar-refractivity contribution in [2.24, 2.45) is 0 Å². The standard InChI is InChI=1S/C21H29N5/c1-16-24-20(18-7-4-9-22-14-18)13-21(25-16)23-10-12-26-11-8-17-5-2-3-6-19(17)15-26/h2-3,5-6,13,18,22H,4,7-12,14-15H2,1H3,(H,23,24,25)/t18-/m1/s1. The molecular weight excluding hydrogens is 322 g/mol. The molecule has 1 fully saturated rings. The van der Waals surface area contributed by atoms with Crippen LogP contribution < -0.4 is 10.6 Å². The van der Waals surface area contributed by atoms with Crippen LogP contribution in [0, 0.1) is 6.92 Å². The lowest BCUT2D eigenvalue weighted by atomic mass is 9.96. The smallest absolute Gasteiger partial charge is 0.129 e. The molecule has 2 aromatic rings. The molecule has 1 atom stereocenters. The van der Waals surface area contributed by atoms with Crippen molar-refractivity contribution >= 4 is 5.82 Å². The van der Waals surface area contributed by atoms with Gasteiger partial charge in [-0.1, -0.05) is 24.3 Å². The van der Waals surface area contributed by atoms with Crippen LogP contribution in [0.15, 0.2) is 30.3 Å². The zero-order valence-corrected chi connectivity index (χ0v) is 15.7. The quantitative estimate of drug-likeness (QED) is 0.867. The molecule has 0 aliphatic carbocycles. The van der Waals surface area contributed by atoms with Crippen LogP contribution in [-0.4, -0.2) is 47.6 Å². The normalized spacial score (nSPS) is 20.6. The minimum Gasteiger partial charge on any atom is -0.369 e. The average Bonchev–Trinajstić information content (AvgIpc) is 2.68. The number of benzene rings is 1. The van der Waals surface area contributed by atoms with Crippen molar-refractivity contribution in [1.29, 1.82) is 0 Å². The van der Waals surface area contributed by atoms with E-state index in [0.717, 1.165) is 57.3 Å². The van der Waals surface area contributed by atoms with Gasteiger partial charge >= 0.3 is 0 Å². The van der Waals surface area contributed by atoms with Gasteiger partial charge in [-0.15, -0.1) is 0 Å². The molecule has 0 radical (unpaired) electrons. The third kappa shape index (κ3) is 4.22. The Morgan fingerprint density at radius 2 is 2.12 bits per heavy atom. The minimum atomic E-state index is 0.518. The van der Waals surface area contributed by atoms with Crippen molar-refractivity contribution < 1.29 is 0 Å². The summed E-state index contributed by atoms with van der Waals surface area (Å²) in [5.74, 6) is 2.35. The van der Waals surface area contributed by atoms with Gasteiger partial charge in [-0.05, 0) is 43.9 Å². The zero-order chi connectivity index (χ0) is 17.8. The molecule has 0 unspecified atom stereocenters. The van der Waals surface area contributed by atoms with Crippen LogP contribution in [0.3, 0.4) is 0 Å². The van der Waals surface area contributed by atoms with Crippen molar-refractivity contribution in [2.75, 3.05) is 38.0 Å². The number of piperidine rings is 1. The number of hydrogen-bond donors (Lipinski definition) is 2. The number of nitrogens with one attached hydrogen (secondary N) is 2. The number of rotatable bonds is 5. The molecule has 4 rings (SSSR count). The number of aryl methyl sites for hydroxylation is 1. The van der Waals surface area contributed by atoms with Gasteiger partial charge in [-0.25, -0.2) is 9.97 Å². The number of nitrogens with zero attached hydrogens (tertiary/aromatic N) is 3. The Labute approximate surface area is 156 Å². The molecule has 138 valence electrons. The zero-order valence-electron chi connectivity index (χ0n) is 15.7. The molecule has 1 aromatic carbocycles. The highest BCUT2D eigenvalue weighted by molar-refractivity contribution is 5.37. The summed E-state index contributed by atoms with van der Waals surface area (Å²) in [7, 11) is 0. The average molecular weight is 351 g/mol. The van der Waals surface area contributed by atoms with E-state index in [4.69, 9.17) is 0 Å². The first-order valence-corrected chi connectivity index (χ1v) is 9.87. The van der Waals surface area contributed by atoms with Gasteiger partial charge in [0, 0.05) is 44.7 Å². The Bertz CT molecular complexity index is 739. The largest absolute Gasteiger partial charge is 0.369 e. The Balaban J connectivity index is 1.33. The topological polar surface area (TPSA) is 53.1 Å². The molecule has 2 aliphatic rings. The van der Waals surface area contributed by atoms with E-state index in [0.29, 0.717) is 5.92 Å². The molecule has 0 bridgehead atoms. The van der Waals surface area contributed by atoms with Crippen LogP contribution in [0.2, 0.25) is 0 Å². The number of fused-ring (bicyclic) bond motifs is 1. The lowest BCUT2D eigenvalue weighted by Crippen LogP contribution is -2.34. The molecule has 26 heavy (non-hydrogen) atoms. The monoisotopic (exact) mass is 351 g/mol. The van der Waals surface area contributed by atoms with Crippen molar-refractivity contribution in [3.63, 3.8) is 0 Å². The first-order valence-electron chi connectivity index (χ1n) is 9.87. The Morgan fingerprint density at radius 3 is 2.96 bits per heavy atom. The molecule has 0 amide bonds. The fourth-order valence-corrected chi connectivity index (χ4v) is 4.08. The van der Waals surface area contributed by atoms with Crippen LogP contribution in [0.5, 0.6) is 0 Å². The highest BCUT2D eigenvalue weighted by Gasteiger charge is 2.18. The van der Waals surface area contributed by atoms with Crippen LogP contribution in [0.25, 0.3) is 0 Å². The van der Waals surface area contributed by atoms with E-state index < -0.39 is 0 Å². The molecule has 3 heterocycles. The third-order valence-corrected chi connectivity index (χ3v) is 5.52. The van der Waals surface area contributed by atoms with Gasteiger partial charge in [-0.2, -0.15) is 0 Å². The van der Waals surface area contributed by atoms with Crippen molar-refractivity contribution in [3.05, 3.63) is 53.0 Å². The summed E-state index contributed by atoms with van der Waals surface area (Å²) < 4.78 is 0. The summed E-state index contributed by atoms with van der Waals surface area (Å²) in [6, 6.07) is 11.0. The summed E-state index contributed by atoms with van der Waals surface area (Å²) in [6.45, 7) is 8.30. The highest BCUT2D eigenvalue weighted by Crippen LogP contribution is 2.23. The molecule has 0 spiro atoms. The first-order chi connectivity index (χ1) is 12.8. The molecule has 5 nitrogen and oxygen atoms in total. The fourth-order valence-electron chi connectivity index (χ4n) is 4.08. The number of anilines is 1. The minimum absolute atomic E-state index is 0.518. The Hall–Kier alpha value is -1.98. The summed E-state index contributed by atoms with van der Waals surface area (Å²) in [6.07, 6.45) is 3.60. The molecule has 1 aromatic heterocycles. The van der Waals surface area contributed by atoms with Crippen molar-refractivity contribution in [3.8, 4) is 0 Å². The third-order valence-electron chi connectivity index (χ3n) is 5.52. The molecule has 2 aliphatic heterocycles. The maximum Gasteiger partial charge on any atom is 0.129 e. The van der Waals surface area contributed by atoms with Gasteiger partial charge < -0.3 is 10.6 Å². The fraction of sp³-hybridized carbons (Fsp3) is 0.524. The van der Waals surface area contributed by atoms with Crippen molar-refractivity contribution in [1.82, 2.24) is 20.2 Å². The second kappa shape index (κ2) is 8.14. The number of aromatic nitrogens is 2. The van der Waals surface area contributed by atoms with E-state index in [1.165, 1.54) is 29.7 Å². The predicted molar refractivity (Wildman–Crippen MR) is 106 cm³/mol. The van der Waals surface area contributed by atoms with E-state index in [-0.39, 0.29) is 0 Å². The maximum absolute atomic E-state index is 4.68. The molecular formula is C21H29N5. The van der Waals surface area contributed by atoms with Gasteiger partial charge in [0.15, 0.2) is 0 Å². The van der Waals surface area contributed by atoms with Crippen molar-refractivity contribution in [2.45, 2.75) is 38.6 Å². The lowest BCUT2D eigenvalue weighted by Gasteiger charge is -2.28. The highest BCUT2D eigenvalue weighted by atomic mass is 15.1. The maximum atomic E-state index is 4.68.